The van der Waals surface area contributed by atoms with Gasteiger partial charge in [0.25, 0.3) is 0 Å². The van der Waals surface area contributed by atoms with Gasteiger partial charge in [0.2, 0.25) is 0 Å². The summed E-state index contributed by atoms with van der Waals surface area (Å²) in [6, 6.07) is 15.2. The molecule has 1 fully saturated rings. The van der Waals surface area contributed by atoms with Crippen LogP contribution in [0.25, 0.3) is 0 Å². The van der Waals surface area contributed by atoms with Crippen molar-refractivity contribution in [3.8, 4) is 11.5 Å². The van der Waals surface area contributed by atoms with Crippen LogP contribution in [-0.2, 0) is 6.42 Å². The maximum absolute atomic E-state index is 12.5. The average molecular weight is 479 g/mol. The number of hydrogen-bond donors (Lipinski definition) is 0. The van der Waals surface area contributed by atoms with E-state index in [9.17, 15) is 4.79 Å². The quantitative estimate of drug-likeness (QED) is 0.145. The molecule has 192 valence electrons. The third-order valence-corrected chi connectivity index (χ3v) is 7.48. The molecule has 0 bridgehead atoms. The molecule has 0 N–H and O–H groups in total. The number of hydrogen-bond acceptors (Lipinski definition) is 3. The first-order valence-corrected chi connectivity index (χ1v) is 14.2. The lowest BCUT2D eigenvalue weighted by atomic mass is 9.78. The van der Waals surface area contributed by atoms with Crippen molar-refractivity contribution in [1.82, 2.24) is 0 Å². The number of ether oxygens (including phenoxy) is 2. The van der Waals surface area contributed by atoms with Crippen LogP contribution in [0.5, 0.6) is 11.5 Å². The number of aryl methyl sites for hydroxylation is 1. The van der Waals surface area contributed by atoms with E-state index < -0.39 is 0 Å². The van der Waals surface area contributed by atoms with Crippen LogP contribution in [0.2, 0.25) is 0 Å². The molecule has 3 heteroatoms. The Kier molecular flexibility index (Phi) is 12.2. The van der Waals surface area contributed by atoms with Gasteiger partial charge in [0.1, 0.15) is 11.5 Å². The minimum absolute atomic E-state index is 0.331. The highest BCUT2D eigenvalue weighted by Crippen LogP contribution is 2.33. The van der Waals surface area contributed by atoms with Gasteiger partial charge in [0.15, 0.2) is 0 Å². The Hall–Kier alpha value is -2.29. The minimum Gasteiger partial charge on any atom is -0.494 e. The second-order valence-electron chi connectivity index (χ2n) is 10.4. The molecular weight excluding hydrogens is 432 g/mol. The van der Waals surface area contributed by atoms with Gasteiger partial charge < -0.3 is 9.47 Å². The summed E-state index contributed by atoms with van der Waals surface area (Å²) in [5.41, 5.74) is 1.84. The topological polar surface area (TPSA) is 35.5 Å². The minimum atomic E-state index is -0.331. The molecule has 35 heavy (non-hydrogen) atoms. The molecule has 3 nitrogen and oxygen atoms in total. The van der Waals surface area contributed by atoms with Gasteiger partial charge in [-0.15, -0.1) is 0 Å². The van der Waals surface area contributed by atoms with Crippen LogP contribution in [0.15, 0.2) is 48.5 Å². The summed E-state index contributed by atoms with van der Waals surface area (Å²) in [6.45, 7) is 5.28. The van der Waals surface area contributed by atoms with Crippen molar-refractivity contribution in [1.29, 1.82) is 0 Å². The highest BCUT2D eigenvalue weighted by atomic mass is 16.5. The molecule has 0 spiro atoms. The van der Waals surface area contributed by atoms with Gasteiger partial charge in [-0.2, -0.15) is 0 Å². The Morgan fingerprint density at radius 3 is 2.00 bits per heavy atom. The fourth-order valence-corrected chi connectivity index (χ4v) is 5.29. The van der Waals surface area contributed by atoms with Gasteiger partial charge in [0.05, 0.1) is 12.2 Å². The van der Waals surface area contributed by atoms with E-state index in [1.54, 1.807) is 12.1 Å². The Morgan fingerprint density at radius 2 is 1.34 bits per heavy atom. The standard InChI is InChI=1S/C32H46O3/c1-3-5-6-7-8-11-27-17-21-31(22-18-27)35-32(33)29-19-23-30(24-20-29)34-25-9-12-28-15-13-26(10-4-2)14-16-28/h17-24,26,28H,3-16,25H2,1-2H3/t26-,28-. The first-order chi connectivity index (χ1) is 17.2. The molecule has 0 amide bonds. The molecule has 3 rings (SSSR count). The normalized spacial score (nSPS) is 17.8. The van der Waals surface area contributed by atoms with Gasteiger partial charge >= 0.3 is 5.97 Å². The van der Waals surface area contributed by atoms with Crippen LogP contribution in [0.4, 0.5) is 0 Å². The molecule has 0 aliphatic heterocycles. The van der Waals surface area contributed by atoms with E-state index in [0.717, 1.165) is 37.0 Å². The molecule has 0 heterocycles. The van der Waals surface area contributed by atoms with Crippen molar-refractivity contribution in [2.24, 2.45) is 11.8 Å². The second kappa shape index (κ2) is 15.7. The third kappa shape index (κ3) is 10.1. The van der Waals surface area contributed by atoms with E-state index in [2.05, 4.69) is 26.0 Å². The molecule has 0 atom stereocenters. The lowest BCUT2D eigenvalue weighted by Gasteiger charge is -2.28. The Balaban J connectivity index is 1.33. The predicted octanol–water partition coefficient (Wildman–Crippen LogP) is 9.18. The Morgan fingerprint density at radius 1 is 0.714 bits per heavy atom. The Labute approximate surface area is 213 Å². The number of benzene rings is 2. The number of unbranched alkanes of at least 4 members (excludes halogenated alkanes) is 4. The summed E-state index contributed by atoms with van der Waals surface area (Å²) >= 11 is 0. The van der Waals surface area contributed by atoms with Crippen molar-refractivity contribution in [2.45, 2.75) is 104 Å². The molecule has 0 aromatic heterocycles. The lowest BCUT2D eigenvalue weighted by molar-refractivity contribution is 0.0734. The zero-order chi connectivity index (χ0) is 24.7. The predicted molar refractivity (Wildman–Crippen MR) is 145 cm³/mol. The van der Waals surface area contributed by atoms with Gasteiger partial charge in [-0.1, -0.05) is 90.2 Å². The molecule has 0 radical (unpaired) electrons. The number of esters is 1. The first kappa shape index (κ1) is 27.3. The average Bonchev–Trinajstić information content (AvgIpc) is 2.89. The van der Waals surface area contributed by atoms with Gasteiger partial charge in [-0.05, 0) is 79.5 Å². The fraction of sp³-hybridized carbons (Fsp3) is 0.594. The third-order valence-electron chi connectivity index (χ3n) is 7.48. The lowest BCUT2D eigenvalue weighted by Crippen LogP contribution is -2.15. The summed E-state index contributed by atoms with van der Waals surface area (Å²) in [5, 5.41) is 0. The monoisotopic (exact) mass is 478 g/mol. The number of carbonyl (C=O) groups is 1. The summed E-state index contributed by atoms with van der Waals surface area (Å²) in [7, 11) is 0. The maximum Gasteiger partial charge on any atom is 0.343 e. The van der Waals surface area contributed by atoms with Gasteiger partial charge in [-0.25, -0.2) is 4.79 Å². The molecule has 1 aliphatic carbocycles. The number of carbonyl (C=O) groups excluding carboxylic acids is 1. The molecule has 0 unspecified atom stereocenters. The first-order valence-electron chi connectivity index (χ1n) is 14.2. The molecule has 2 aromatic carbocycles. The van der Waals surface area contributed by atoms with Crippen LogP contribution in [-0.4, -0.2) is 12.6 Å². The van der Waals surface area contributed by atoms with Crippen molar-refractivity contribution >= 4 is 5.97 Å². The molecule has 2 aromatic rings. The van der Waals surface area contributed by atoms with E-state index in [0.29, 0.717) is 11.3 Å². The van der Waals surface area contributed by atoms with Crippen LogP contribution >= 0.6 is 0 Å². The summed E-state index contributed by atoms with van der Waals surface area (Å²) in [5.74, 6) is 2.93. The smallest absolute Gasteiger partial charge is 0.343 e. The van der Waals surface area contributed by atoms with Crippen LogP contribution in [0.3, 0.4) is 0 Å². The molecule has 0 saturated heterocycles. The zero-order valence-corrected chi connectivity index (χ0v) is 22.1. The van der Waals surface area contributed by atoms with Gasteiger partial charge in [-0.3, -0.25) is 0 Å². The Bertz CT molecular complexity index is 832. The van der Waals surface area contributed by atoms with E-state index in [1.807, 2.05) is 24.3 Å². The maximum atomic E-state index is 12.5. The van der Waals surface area contributed by atoms with E-state index in [4.69, 9.17) is 9.47 Å². The van der Waals surface area contributed by atoms with E-state index in [-0.39, 0.29) is 5.97 Å². The van der Waals surface area contributed by atoms with Crippen LogP contribution < -0.4 is 9.47 Å². The number of rotatable bonds is 15. The van der Waals surface area contributed by atoms with Crippen molar-refractivity contribution in [3.63, 3.8) is 0 Å². The molecular formula is C32H46O3. The van der Waals surface area contributed by atoms with E-state index >= 15 is 0 Å². The summed E-state index contributed by atoms with van der Waals surface area (Å²) in [6.07, 6.45) is 18.2. The van der Waals surface area contributed by atoms with Crippen molar-refractivity contribution in [3.05, 3.63) is 59.7 Å². The second-order valence-corrected chi connectivity index (χ2v) is 10.4. The molecule has 1 saturated carbocycles. The van der Waals surface area contributed by atoms with Gasteiger partial charge in [0, 0.05) is 0 Å². The zero-order valence-electron chi connectivity index (χ0n) is 22.1. The van der Waals surface area contributed by atoms with E-state index in [1.165, 1.54) is 82.6 Å². The van der Waals surface area contributed by atoms with Crippen molar-refractivity contribution in [2.75, 3.05) is 6.61 Å². The highest BCUT2D eigenvalue weighted by Gasteiger charge is 2.20. The fourth-order valence-electron chi connectivity index (χ4n) is 5.29. The molecule has 1 aliphatic rings. The summed E-state index contributed by atoms with van der Waals surface area (Å²) < 4.78 is 11.5. The largest absolute Gasteiger partial charge is 0.494 e. The summed E-state index contributed by atoms with van der Waals surface area (Å²) in [4.78, 5) is 12.5. The SMILES string of the molecule is CCCCCCCc1ccc(OC(=O)c2ccc(OCCC[C@H]3CC[C@H](CCC)CC3)cc2)cc1. The van der Waals surface area contributed by atoms with Crippen LogP contribution in [0.1, 0.15) is 113 Å². The van der Waals surface area contributed by atoms with Crippen molar-refractivity contribution < 1.29 is 14.3 Å². The highest BCUT2D eigenvalue weighted by molar-refractivity contribution is 5.91. The van der Waals surface area contributed by atoms with Crippen LogP contribution in [0, 0.1) is 11.8 Å².